The van der Waals surface area contributed by atoms with E-state index in [-0.39, 0.29) is 18.4 Å². The van der Waals surface area contributed by atoms with Crippen LogP contribution < -0.4 is 0 Å². The topological polar surface area (TPSA) is 57.6 Å². The predicted octanol–water partition coefficient (Wildman–Crippen LogP) is 2.42. The summed E-state index contributed by atoms with van der Waals surface area (Å²) in [4.78, 5) is 25.7. The van der Waals surface area contributed by atoms with Crippen LogP contribution >= 0.6 is 0 Å². The van der Waals surface area contributed by atoms with Crippen molar-refractivity contribution >= 4 is 11.9 Å². The molecule has 2 aliphatic rings. The molecule has 1 aliphatic carbocycles. The second kappa shape index (κ2) is 5.29. The van der Waals surface area contributed by atoms with Gasteiger partial charge in [0.15, 0.2) is 0 Å². The van der Waals surface area contributed by atoms with Crippen LogP contribution in [0.4, 0.5) is 0 Å². The van der Waals surface area contributed by atoms with E-state index in [2.05, 4.69) is 6.92 Å². The summed E-state index contributed by atoms with van der Waals surface area (Å²) in [5.74, 6) is -0.732. The molecule has 0 aromatic heterocycles. The Morgan fingerprint density at radius 1 is 1.22 bits per heavy atom. The number of amides is 1. The van der Waals surface area contributed by atoms with Crippen molar-refractivity contribution in [3.05, 3.63) is 0 Å². The second-order valence-electron chi connectivity index (χ2n) is 5.90. The summed E-state index contributed by atoms with van der Waals surface area (Å²) in [5.41, 5.74) is -0.770. The zero-order valence-electron chi connectivity index (χ0n) is 11.2. The smallest absolute Gasteiger partial charge is 0.310 e. The normalized spacial score (nSPS) is 27.2. The summed E-state index contributed by atoms with van der Waals surface area (Å²) in [6.07, 6.45) is 6.68. The van der Waals surface area contributed by atoms with E-state index in [0.717, 1.165) is 32.2 Å². The monoisotopic (exact) mass is 253 g/mol. The molecule has 1 atom stereocenters. The highest BCUT2D eigenvalue weighted by molar-refractivity contribution is 5.85. The Kier molecular flexibility index (Phi) is 3.93. The van der Waals surface area contributed by atoms with E-state index in [1.165, 1.54) is 6.42 Å². The second-order valence-corrected chi connectivity index (χ2v) is 5.90. The Morgan fingerprint density at radius 3 is 2.44 bits per heavy atom. The third-order valence-corrected chi connectivity index (χ3v) is 4.63. The van der Waals surface area contributed by atoms with Crippen LogP contribution in [0.3, 0.4) is 0 Å². The molecule has 0 spiro atoms. The zero-order chi connectivity index (χ0) is 13.2. The summed E-state index contributed by atoms with van der Waals surface area (Å²) in [5, 5.41) is 9.41. The SMILES string of the molecule is CC1CCCCN1C(=O)CC1(C(=O)O)CCCC1. The molecule has 1 amide bonds. The van der Waals surface area contributed by atoms with Crippen LogP contribution in [-0.2, 0) is 9.59 Å². The van der Waals surface area contributed by atoms with Gasteiger partial charge in [-0.3, -0.25) is 9.59 Å². The van der Waals surface area contributed by atoms with Crippen molar-refractivity contribution in [2.24, 2.45) is 5.41 Å². The van der Waals surface area contributed by atoms with Gasteiger partial charge in [0.05, 0.1) is 5.41 Å². The van der Waals surface area contributed by atoms with Gasteiger partial charge in [0.2, 0.25) is 5.91 Å². The number of rotatable bonds is 3. The van der Waals surface area contributed by atoms with E-state index in [1.54, 1.807) is 0 Å². The number of aliphatic carboxylic acids is 1. The lowest BCUT2D eigenvalue weighted by molar-refractivity contribution is -0.154. The molecular formula is C14H23NO3. The van der Waals surface area contributed by atoms with Crippen LogP contribution in [0.1, 0.15) is 58.3 Å². The fourth-order valence-corrected chi connectivity index (χ4v) is 3.38. The van der Waals surface area contributed by atoms with Crippen molar-refractivity contribution in [1.29, 1.82) is 0 Å². The van der Waals surface area contributed by atoms with Gasteiger partial charge < -0.3 is 10.0 Å². The number of carboxylic acids is 1. The molecule has 4 heteroatoms. The summed E-state index contributed by atoms with van der Waals surface area (Å²) in [6, 6.07) is 0.276. The van der Waals surface area contributed by atoms with Crippen LogP contribution in [0, 0.1) is 5.41 Å². The van der Waals surface area contributed by atoms with E-state index < -0.39 is 11.4 Å². The van der Waals surface area contributed by atoms with Crippen molar-refractivity contribution in [1.82, 2.24) is 4.90 Å². The van der Waals surface area contributed by atoms with Crippen LogP contribution in [0.5, 0.6) is 0 Å². The third kappa shape index (κ3) is 2.52. The molecule has 2 fully saturated rings. The first-order chi connectivity index (χ1) is 8.55. The van der Waals surface area contributed by atoms with Crippen molar-refractivity contribution in [3.8, 4) is 0 Å². The molecule has 1 heterocycles. The first kappa shape index (κ1) is 13.4. The maximum atomic E-state index is 12.3. The molecule has 18 heavy (non-hydrogen) atoms. The molecule has 1 saturated carbocycles. The fraction of sp³-hybridized carbons (Fsp3) is 0.857. The first-order valence-corrected chi connectivity index (χ1v) is 7.08. The number of hydrogen-bond acceptors (Lipinski definition) is 2. The number of likely N-dealkylation sites (tertiary alicyclic amines) is 1. The molecule has 1 saturated heterocycles. The van der Waals surface area contributed by atoms with Gasteiger partial charge >= 0.3 is 5.97 Å². The number of nitrogens with zero attached hydrogens (tertiary/aromatic N) is 1. The molecule has 1 aliphatic heterocycles. The molecule has 0 aromatic rings. The van der Waals surface area contributed by atoms with Crippen LogP contribution in [0.25, 0.3) is 0 Å². The molecule has 4 nitrogen and oxygen atoms in total. The summed E-state index contributed by atoms with van der Waals surface area (Å²) in [6.45, 7) is 2.87. The molecule has 0 bridgehead atoms. The highest BCUT2D eigenvalue weighted by Gasteiger charge is 2.44. The summed E-state index contributed by atoms with van der Waals surface area (Å²) in [7, 11) is 0. The van der Waals surface area contributed by atoms with E-state index >= 15 is 0 Å². The largest absolute Gasteiger partial charge is 0.481 e. The van der Waals surface area contributed by atoms with Gasteiger partial charge in [-0.2, -0.15) is 0 Å². The quantitative estimate of drug-likeness (QED) is 0.840. The lowest BCUT2D eigenvalue weighted by atomic mass is 9.82. The van der Waals surface area contributed by atoms with Crippen molar-refractivity contribution < 1.29 is 14.7 Å². The minimum atomic E-state index is -0.780. The lowest BCUT2D eigenvalue weighted by Crippen LogP contribution is -2.45. The number of piperidine rings is 1. The Labute approximate surface area is 108 Å². The van der Waals surface area contributed by atoms with Crippen molar-refractivity contribution in [2.45, 2.75) is 64.3 Å². The predicted molar refractivity (Wildman–Crippen MR) is 68.2 cm³/mol. The molecular weight excluding hydrogens is 230 g/mol. The summed E-state index contributed by atoms with van der Waals surface area (Å²) < 4.78 is 0. The minimum absolute atomic E-state index is 0.0477. The van der Waals surface area contributed by atoms with E-state index in [0.29, 0.717) is 12.8 Å². The lowest BCUT2D eigenvalue weighted by Gasteiger charge is -2.35. The molecule has 1 N–H and O–H groups in total. The highest BCUT2D eigenvalue weighted by Crippen LogP contribution is 2.42. The van der Waals surface area contributed by atoms with Gasteiger partial charge in [-0.15, -0.1) is 0 Å². The van der Waals surface area contributed by atoms with Crippen molar-refractivity contribution in [2.75, 3.05) is 6.54 Å². The highest BCUT2D eigenvalue weighted by atomic mass is 16.4. The Balaban J connectivity index is 2.03. The Bertz CT molecular complexity index is 334. The number of carboxylic acid groups (broad SMARTS) is 1. The maximum Gasteiger partial charge on any atom is 0.310 e. The Morgan fingerprint density at radius 2 is 1.89 bits per heavy atom. The number of hydrogen-bond donors (Lipinski definition) is 1. The van der Waals surface area contributed by atoms with E-state index in [9.17, 15) is 14.7 Å². The van der Waals surface area contributed by atoms with Crippen molar-refractivity contribution in [3.63, 3.8) is 0 Å². The van der Waals surface area contributed by atoms with Gasteiger partial charge in [-0.1, -0.05) is 12.8 Å². The average Bonchev–Trinajstić information content (AvgIpc) is 2.79. The maximum absolute atomic E-state index is 12.3. The van der Waals surface area contributed by atoms with Crippen LogP contribution in [0.2, 0.25) is 0 Å². The van der Waals surface area contributed by atoms with Gasteiger partial charge in [0.25, 0.3) is 0 Å². The fourth-order valence-electron chi connectivity index (χ4n) is 3.38. The van der Waals surface area contributed by atoms with Crippen LogP contribution in [0.15, 0.2) is 0 Å². The number of carbonyl (C=O) groups is 2. The third-order valence-electron chi connectivity index (χ3n) is 4.63. The summed E-state index contributed by atoms with van der Waals surface area (Å²) >= 11 is 0. The van der Waals surface area contributed by atoms with Gasteiger partial charge in [0, 0.05) is 19.0 Å². The van der Waals surface area contributed by atoms with E-state index in [1.807, 2.05) is 4.90 Å². The molecule has 0 aromatic carbocycles. The first-order valence-electron chi connectivity index (χ1n) is 7.08. The Hall–Kier alpha value is -1.06. The molecule has 1 unspecified atom stereocenters. The standard InChI is InChI=1S/C14H23NO3/c1-11-6-2-5-9-15(11)12(16)10-14(13(17)18)7-3-4-8-14/h11H,2-10H2,1H3,(H,17,18). The molecule has 0 radical (unpaired) electrons. The average molecular weight is 253 g/mol. The van der Waals surface area contributed by atoms with Gasteiger partial charge in [-0.05, 0) is 39.0 Å². The van der Waals surface area contributed by atoms with Gasteiger partial charge in [0.1, 0.15) is 0 Å². The van der Waals surface area contributed by atoms with E-state index in [4.69, 9.17) is 0 Å². The molecule has 102 valence electrons. The van der Waals surface area contributed by atoms with Gasteiger partial charge in [-0.25, -0.2) is 0 Å². The minimum Gasteiger partial charge on any atom is -0.481 e. The van der Waals surface area contributed by atoms with Crippen LogP contribution in [-0.4, -0.2) is 34.5 Å². The zero-order valence-corrected chi connectivity index (χ0v) is 11.2. The molecule has 2 rings (SSSR count). The number of carbonyl (C=O) groups excluding carboxylic acids is 1.